The van der Waals surface area contributed by atoms with Crippen molar-refractivity contribution < 1.29 is 19.1 Å². The number of nitrogens with one attached hydrogen (secondary N) is 2. The van der Waals surface area contributed by atoms with Gasteiger partial charge in [0.15, 0.2) is 6.61 Å². The second-order valence-electron chi connectivity index (χ2n) is 3.73. The molecule has 1 rings (SSSR count). The molecule has 0 aliphatic rings. The maximum Gasteiger partial charge on any atom is 0.331 e. The molecule has 0 saturated heterocycles. The second kappa shape index (κ2) is 7.96. The zero-order valence-corrected chi connectivity index (χ0v) is 11.4. The standard InChI is InChI=1S/C13H13ClN2O4/c1-9(17)15-16-12(18)8-20-13(19)6-5-10-3-2-4-11(14)7-10/h2-7H,8H2,1H3,(H,15,17)(H,16,18)/b6-5+. The number of hydrazine groups is 1. The topological polar surface area (TPSA) is 84.5 Å². The summed E-state index contributed by atoms with van der Waals surface area (Å²) in [4.78, 5) is 33.0. The first-order chi connectivity index (χ1) is 9.47. The van der Waals surface area contributed by atoms with Crippen LogP contribution in [0.15, 0.2) is 30.3 Å². The van der Waals surface area contributed by atoms with Crippen molar-refractivity contribution in [3.05, 3.63) is 40.9 Å². The molecule has 106 valence electrons. The third-order valence-corrected chi connectivity index (χ3v) is 2.22. The number of hydrogen-bond donors (Lipinski definition) is 2. The molecule has 0 atom stereocenters. The Morgan fingerprint density at radius 1 is 1.30 bits per heavy atom. The van der Waals surface area contributed by atoms with Crippen molar-refractivity contribution in [2.24, 2.45) is 0 Å². The van der Waals surface area contributed by atoms with Crippen LogP contribution in [0.3, 0.4) is 0 Å². The van der Waals surface area contributed by atoms with Gasteiger partial charge in [-0.1, -0.05) is 23.7 Å². The Hall–Kier alpha value is -2.34. The number of rotatable bonds is 4. The van der Waals surface area contributed by atoms with Gasteiger partial charge in [0.2, 0.25) is 5.91 Å². The van der Waals surface area contributed by atoms with Crippen molar-refractivity contribution in [2.45, 2.75) is 6.92 Å². The molecule has 0 radical (unpaired) electrons. The van der Waals surface area contributed by atoms with E-state index < -0.39 is 24.4 Å². The molecule has 7 heteroatoms. The van der Waals surface area contributed by atoms with Crippen molar-refractivity contribution in [1.82, 2.24) is 10.9 Å². The number of carbonyl (C=O) groups is 3. The molecule has 0 aromatic heterocycles. The zero-order valence-electron chi connectivity index (χ0n) is 10.7. The lowest BCUT2D eigenvalue weighted by Crippen LogP contribution is -2.42. The molecule has 1 aromatic rings. The van der Waals surface area contributed by atoms with E-state index in [1.807, 2.05) is 0 Å². The monoisotopic (exact) mass is 296 g/mol. The fraction of sp³-hybridized carbons (Fsp3) is 0.154. The van der Waals surface area contributed by atoms with Crippen molar-refractivity contribution in [2.75, 3.05) is 6.61 Å². The maximum atomic E-state index is 11.3. The van der Waals surface area contributed by atoms with Crippen LogP contribution in [0.2, 0.25) is 5.02 Å². The van der Waals surface area contributed by atoms with Crippen LogP contribution in [0.4, 0.5) is 0 Å². The predicted molar refractivity (Wildman–Crippen MR) is 73.4 cm³/mol. The van der Waals surface area contributed by atoms with E-state index in [0.717, 1.165) is 5.56 Å². The minimum atomic E-state index is -0.678. The zero-order chi connectivity index (χ0) is 15.0. The number of ether oxygens (including phenoxy) is 1. The van der Waals surface area contributed by atoms with Gasteiger partial charge in [0.1, 0.15) is 0 Å². The van der Waals surface area contributed by atoms with E-state index >= 15 is 0 Å². The molecule has 0 bridgehead atoms. The first-order valence-electron chi connectivity index (χ1n) is 5.63. The smallest absolute Gasteiger partial charge is 0.331 e. The van der Waals surface area contributed by atoms with Gasteiger partial charge in [-0.2, -0.15) is 0 Å². The summed E-state index contributed by atoms with van der Waals surface area (Å²) in [6, 6.07) is 6.89. The maximum absolute atomic E-state index is 11.3. The number of carbonyl (C=O) groups excluding carboxylic acids is 3. The Labute approximate surface area is 120 Å². The lowest BCUT2D eigenvalue weighted by atomic mass is 10.2. The quantitative estimate of drug-likeness (QED) is 0.494. The van der Waals surface area contributed by atoms with Crippen molar-refractivity contribution in [3.63, 3.8) is 0 Å². The summed E-state index contributed by atoms with van der Waals surface area (Å²) in [5, 5.41) is 0.551. The fourth-order valence-electron chi connectivity index (χ4n) is 1.15. The number of benzene rings is 1. The van der Waals surface area contributed by atoms with Crippen LogP contribution in [0.25, 0.3) is 6.08 Å². The molecular formula is C13H13ClN2O4. The van der Waals surface area contributed by atoms with E-state index in [-0.39, 0.29) is 0 Å². The molecular weight excluding hydrogens is 284 g/mol. The molecule has 6 nitrogen and oxygen atoms in total. The molecule has 0 fully saturated rings. The SMILES string of the molecule is CC(=O)NNC(=O)COC(=O)/C=C/c1cccc(Cl)c1. The summed E-state index contributed by atoms with van der Waals surface area (Å²) in [5.41, 5.74) is 4.87. The molecule has 2 N–H and O–H groups in total. The van der Waals surface area contributed by atoms with E-state index in [4.69, 9.17) is 11.6 Å². The molecule has 0 aliphatic heterocycles. The van der Waals surface area contributed by atoms with Gasteiger partial charge in [-0.25, -0.2) is 4.79 Å². The second-order valence-corrected chi connectivity index (χ2v) is 4.16. The lowest BCUT2D eigenvalue weighted by Gasteiger charge is -2.04. The Bertz CT molecular complexity index is 543. The number of esters is 1. The van der Waals surface area contributed by atoms with E-state index in [2.05, 4.69) is 15.6 Å². The third kappa shape index (κ3) is 6.55. The highest BCUT2D eigenvalue weighted by Gasteiger charge is 2.04. The van der Waals surface area contributed by atoms with Gasteiger partial charge in [-0.15, -0.1) is 0 Å². The first-order valence-corrected chi connectivity index (χ1v) is 6.01. The Morgan fingerprint density at radius 2 is 2.05 bits per heavy atom. The van der Waals surface area contributed by atoms with Crippen LogP contribution in [-0.4, -0.2) is 24.4 Å². The molecule has 1 aromatic carbocycles. The lowest BCUT2D eigenvalue weighted by molar-refractivity contribution is -0.144. The molecule has 0 aliphatic carbocycles. The van der Waals surface area contributed by atoms with Crippen LogP contribution in [0.1, 0.15) is 12.5 Å². The number of amides is 2. The number of halogens is 1. The first kappa shape index (κ1) is 15.7. The van der Waals surface area contributed by atoms with Crippen LogP contribution in [-0.2, 0) is 19.1 Å². The Balaban J connectivity index is 2.36. The normalized spacial score (nSPS) is 10.1. The van der Waals surface area contributed by atoms with E-state index in [1.165, 1.54) is 19.1 Å². The average Bonchev–Trinajstić information content (AvgIpc) is 2.40. The summed E-state index contributed by atoms with van der Waals surface area (Å²) >= 11 is 5.79. The molecule has 0 heterocycles. The summed E-state index contributed by atoms with van der Waals surface area (Å²) in [6.45, 7) is 0.749. The molecule has 0 saturated carbocycles. The van der Waals surface area contributed by atoms with Gasteiger partial charge in [0.05, 0.1) is 0 Å². The minimum absolute atomic E-state index is 0.425. The summed E-state index contributed by atoms with van der Waals surface area (Å²) in [7, 11) is 0. The van der Waals surface area contributed by atoms with Crippen molar-refractivity contribution in [3.8, 4) is 0 Å². The minimum Gasteiger partial charge on any atom is -0.452 e. The summed E-state index contributed by atoms with van der Waals surface area (Å²) < 4.78 is 4.67. The van der Waals surface area contributed by atoms with Gasteiger partial charge < -0.3 is 4.74 Å². The van der Waals surface area contributed by atoms with Crippen LogP contribution in [0, 0.1) is 0 Å². The molecule has 2 amide bonds. The highest BCUT2D eigenvalue weighted by Crippen LogP contribution is 2.11. The van der Waals surface area contributed by atoms with E-state index in [9.17, 15) is 14.4 Å². The van der Waals surface area contributed by atoms with Crippen LogP contribution >= 0.6 is 11.6 Å². The summed E-state index contributed by atoms with van der Waals surface area (Å²) in [5.74, 6) is -1.74. The van der Waals surface area contributed by atoms with Crippen LogP contribution < -0.4 is 10.9 Å². The van der Waals surface area contributed by atoms with Gasteiger partial charge in [0, 0.05) is 18.0 Å². The largest absolute Gasteiger partial charge is 0.452 e. The number of hydrogen-bond acceptors (Lipinski definition) is 4. The molecule has 0 unspecified atom stereocenters. The third-order valence-electron chi connectivity index (χ3n) is 1.98. The van der Waals surface area contributed by atoms with Crippen LogP contribution in [0.5, 0.6) is 0 Å². The van der Waals surface area contributed by atoms with E-state index in [1.54, 1.807) is 24.3 Å². The summed E-state index contributed by atoms with van der Waals surface area (Å²) in [6.07, 6.45) is 2.69. The Kier molecular flexibility index (Phi) is 6.25. The van der Waals surface area contributed by atoms with Gasteiger partial charge >= 0.3 is 5.97 Å². The highest BCUT2D eigenvalue weighted by molar-refractivity contribution is 6.30. The molecule has 0 spiro atoms. The molecule has 20 heavy (non-hydrogen) atoms. The fourth-order valence-corrected chi connectivity index (χ4v) is 1.35. The van der Waals surface area contributed by atoms with Gasteiger partial charge in [-0.05, 0) is 23.8 Å². The highest BCUT2D eigenvalue weighted by atomic mass is 35.5. The van der Waals surface area contributed by atoms with Crippen molar-refractivity contribution in [1.29, 1.82) is 0 Å². The predicted octanol–water partition coefficient (Wildman–Crippen LogP) is 1.06. The average molecular weight is 297 g/mol. The van der Waals surface area contributed by atoms with Gasteiger partial charge in [-0.3, -0.25) is 20.4 Å². The van der Waals surface area contributed by atoms with Gasteiger partial charge in [0.25, 0.3) is 5.91 Å². The Morgan fingerprint density at radius 3 is 2.70 bits per heavy atom. The van der Waals surface area contributed by atoms with E-state index in [0.29, 0.717) is 5.02 Å². The van der Waals surface area contributed by atoms with Crippen molar-refractivity contribution >= 4 is 35.5 Å².